The van der Waals surface area contributed by atoms with Crippen molar-refractivity contribution in [3.63, 3.8) is 0 Å². The molecule has 0 fully saturated rings. The van der Waals surface area contributed by atoms with E-state index in [0.29, 0.717) is 23.9 Å². The largest absolute Gasteiger partial charge is 0.756 e. The van der Waals surface area contributed by atoms with Crippen molar-refractivity contribution in [1.29, 1.82) is 0 Å². The molecule has 0 heterocycles. The molecule has 73 heavy (non-hydrogen) atoms. The molecule has 412 valence electrons. The molecule has 1 amide bonds. The van der Waals surface area contributed by atoms with Gasteiger partial charge in [-0.2, -0.15) is 0 Å². The lowest BCUT2D eigenvalue weighted by Crippen LogP contribution is -2.51. The van der Waals surface area contributed by atoms with Gasteiger partial charge in [-0.15, -0.1) is 0 Å². The van der Waals surface area contributed by atoms with Gasteiger partial charge in [0.05, 0.1) is 39.9 Å². The first-order valence-corrected chi connectivity index (χ1v) is 29.3. The molecule has 0 aliphatic rings. The Morgan fingerprint density at radius 3 is 1.33 bits per heavy atom. The van der Waals surface area contributed by atoms with E-state index < -0.39 is 32.7 Å². The van der Waals surface area contributed by atoms with E-state index in [1.165, 1.54) is 0 Å². The van der Waals surface area contributed by atoms with Crippen LogP contribution in [0, 0.1) is 0 Å². The smallest absolute Gasteiger partial charge is 0.268 e. The zero-order valence-corrected chi connectivity index (χ0v) is 47.3. The predicted octanol–water partition coefficient (Wildman–Crippen LogP) is 15.4. The van der Waals surface area contributed by atoms with E-state index in [0.717, 1.165) is 135 Å². The third kappa shape index (κ3) is 52.7. The van der Waals surface area contributed by atoms with Crippen LogP contribution >= 0.6 is 7.82 Å². The number of quaternary nitrogens is 1. The quantitative estimate of drug-likeness (QED) is 0.0240. The number of aliphatic hydroxyl groups is 2. The Kier molecular flexibility index (Phi) is 48.8. The van der Waals surface area contributed by atoms with E-state index in [1.807, 2.05) is 28.1 Å². The van der Waals surface area contributed by atoms with E-state index in [9.17, 15) is 24.5 Å². The van der Waals surface area contributed by atoms with Crippen LogP contribution in [0.25, 0.3) is 0 Å². The van der Waals surface area contributed by atoms with Crippen molar-refractivity contribution in [2.75, 3.05) is 40.9 Å². The van der Waals surface area contributed by atoms with Crippen LogP contribution in [0.3, 0.4) is 0 Å². The van der Waals surface area contributed by atoms with Gasteiger partial charge in [-0.1, -0.05) is 191 Å². The lowest BCUT2D eigenvalue weighted by Gasteiger charge is -2.31. The van der Waals surface area contributed by atoms with Crippen molar-refractivity contribution in [2.24, 2.45) is 0 Å². The van der Waals surface area contributed by atoms with E-state index >= 15 is 0 Å². The normalized spacial score (nSPS) is 15.6. The number of nitrogens with zero attached hydrogens (tertiary/aromatic N) is 1. The molecule has 4 unspecified atom stereocenters. The number of hydrogen-bond donors (Lipinski definition) is 3. The summed E-state index contributed by atoms with van der Waals surface area (Å²) in [7, 11) is 1.05. The fourth-order valence-corrected chi connectivity index (χ4v) is 7.75. The van der Waals surface area contributed by atoms with E-state index in [-0.39, 0.29) is 25.4 Å². The van der Waals surface area contributed by atoms with Gasteiger partial charge in [0, 0.05) is 6.42 Å². The second-order valence-electron chi connectivity index (χ2n) is 19.3. The topological polar surface area (TPSA) is 128 Å². The van der Waals surface area contributed by atoms with E-state index in [1.54, 1.807) is 0 Å². The lowest BCUT2D eigenvalue weighted by atomic mass is 10.0. The Labute approximate surface area is 446 Å². The summed E-state index contributed by atoms with van der Waals surface area (Å²) in [5.41, 5.74) is 0. The number of aliphatic hydroxyl groups excluding tert-OH is 2. The minimum Gasteiger partial charge on any atom is -0.756 e. The van der Waals surface area contributed by atoms with Crippen molar-refractivity contribution >= 4 is 13.7 Å². The molecular weight excluding hydrogens is 928 g/mol. The number of phosphoric ester groups is 1. The molecule has 0 aromatic heterocycles. The zero-order chi connectivity index (χ0) is 53.6. The van der Waals surface area contributed by atoms with Gasteiger partial charge in [0.2, 0.25) is 5.91 Å². The van der Waals surface area contributed by atoms with Crippen LogP contribution in [0.4, 0.5) is 0 Å². The standard InChI is InChI=1S/C63H103N2O7P/c1-6-8-10-12-14-16-18-20-21-22-23-24-25-26-27-28-29-30-31-32-33-34-35-36-37-38-39-40-41-42-43-44-46-48-50-52-54-56-62(67)64-60(59-72-73(69,70)71-58-57-65(3,4)5)63(68)61(66)55-53-51-49-47-45-19-17-15-13-11-9-7-2/h7-10,14-17,20-21,23-24,26-27,29-30,32-33,35-36,38-39,41-42,47,49,60-61,63,66,68H,6,11-13,18-19,22,25,28,31,34,37,40,43-46,48,50-59H2,1-5H3,(H-,64,67,69,70)/b9-7+,10-8-,16-14-,17-15+,21-20-,24-23-,27-26-,30-29-,33-32-,36-35-,39-38-,42-41-,49-47+. The molecule has 0 radical (unpaired) electrons. The molecule has 0 aromatic rings. The van der Waals surface area contributed by atoms with Crippen LogP contribution in [-0.2, 0) is 18.4 Å². The van der Waals surface area contributed by atoms with Gasteiger partial charge in [-0.05, 0) is 135 Å². The molecule has 0 rings (SSSR count). The van der Waals surface area contributed by atoms with Gasteiger partial charge in [-0.3, -0.25) is 9.36 Å². The minimum atomic E-state index is -4.70. The first-order valence-electron chi connectivity index (χ1n) is 27.9. The van der Waals surface area contributed by atoms with Crippen LogP contribution in [0.5, 0.6) is 0 Å². The lowest BCUT2D eigenvalue weighted by molar-refractivity contribution is -0.870. The predicted molar refractivity (Wildman–Crippen MR) is 312 cm³/mol. The number of hydrogen-bond acceptors (Lipinski definition) is 7. The van der Waals surface area contributed by atoms with E-state index in [2.05, 4.69) is 170 Å². The Hall–Kier alpha value is -3.92. The number of rotatable bonds is 48. The highest BCUT2D eigenvalue weighted by atomic mass is 31.2. The summed E-state index contributed by atoms with van der Waals surface area (Å²) in [6, 6.07) is -1.12. The summed E-state index contributed by atoms with van der Waals surface area (Å²) < 4.78 is 23.2. The highest BCUT2D eigenvalue weighted by Gasteiger charge is 2.29. The second kappa shape index (κ2) is 51.6. The summed E-state index contributed by atoms with van der Waals surface area (Å²) in [4.78, 5) is 25.5. The van der Waals surface area contributed by atoms with E-state index in [4.69, 9.17) is 9.05 Å². The second-order valence-corrected chi connectivity index (χ2v) is 20.7. The third-order valence-corrected chi connectivity index (χ3v) is 12.4. The van der Waals surface area contributed by atoms with Crippen LogP contribution in [0.15, 0.2) is 158 Å². The highest BCUT2D eigenvalue weighted by molar-refractivity contribution is 7.45. The number of phosphoric acid groups is 1. The summed E-state index contributed by atoms with van der Waals surface area (Å²) in [5, 5.41) is 24.6. The van der Waals surface area contributed by atoms with Crippen molar-refractivity contribution < 1.29 is 38.0 Å². The molecule has 4 atom stereocenters. The summed E-state index contributed by atoms with van der Waals surface area (Å²) in [6.07, 6.45) is 77.5. The van der Waals surface area contributed by atoms with Crippen molar-refractivity contribution in [2.45, 2.75) is 193 Å². The van der Waals surface area contributed by atoms with Crippen molar-refractivity contribution in [1.82, 2.24) is 5.32 Å². The molecule has 0 saturated carbocycles. The van der Waals surface area contributed by atoms with Gasteiger partial charge in [-0.25, -0.2) is 0 Å². The monoisotopic (exact) mass is 1030 g/mol. The first-order chi connectivity index (χ1) is 35.4. The summed E-state index contributed by atoms with van der Waals surface area (Å²) >= 11 is 0. The molecule has 0 spiro atoms. The van der Waals surface area contributed by atoms with Crippen LogP contribution in [0.1, 0.15) is 174 Å². The van der Waals surface area contributed by atoms with Gasteiger partial charge in [0.25, 0.3) is 7.82 Å². The van der Waals surface area contributed by atoms with Crippen LogP contribution in [-0.4, -0.2) is 79.8 Å². The maximum absolute atomic E-state index is 13.0. The van der Waals surface area contributed by atoms with Crippen molar-refractivity contribution in [3.8, 4) is 0 Å². The number of allylic oxidation sites excluding steroid dienone is 26. The molecule has 0 saturated heterocycles. The highest BCUT2D eigenvalue weighted by Crippen LogP contribution is 2.38. The van der Waals surface area contributed by atoms with Crippen LogP contribution in [0.2, 0.25) is 0 Å². The number of likely N-dealkylation sites (N-methyl/N-ethyl adjacent to an activating group) is 1. The number of carbonyl (C=O) groups excluding carboxylic acids is 1. The fourth-order valence-electron chi connectivity index (χ4n) is 7.03. The molecule has 0 aromatic carbocycles. The maximum atomic E-state index is 13.0. The Morgan fingerprint density at radius 1 is 0.521 bits per heavy atom. The number of carbonyl (C=O) groups is 1. The number of unbranched alkanes of at least 4 members (excludes halogenated alkanes) is 9. The van der Waals surface area contributed by atoms with Gasteiger partial charge in [0.15, 0.2) is 0 Å². The molecule has 0 aliphatic carbocycles. The fraction of sp³-hybridized carbons (Fsp3) is 0.571. The minimum absolute atomic E-state index is 0.0625. The number of amides is 1. The molecule has 0 aliphatic heterocycles. The summed E-state index contributed by atoms with van der Waals surface area (Å²) in [6.45, 7) is 4.03. The summed E-state index contributed by atoms with van der Waals surface area (Å²) in [5.74, 6) is -0.318. The Bertz CT molecular complexity index is 1760. The SMILES string of the molecule is C/C=C/CC/C=C/CC/C=C/CCCC(O)C(O)C(COP(=O)([O-])OCC[N+](C)(C)C)NC(=O)CCCCCCCC/C=C\C/C=C\C/C=C\C/C=C\C/C=C\C/C=C\C/C=C\C/C=C\C/C=C\C/C=C\CC. The Balaban J connectivity index is 4.28. The third-order valence-electron chi connectivity index (χ3n) is 11.4. The average molecular weight is 1030 g/mol. The molecule has 3 N–H and O–H groups in total. The molecule has 10 heteroatoms. The molecule has 0 bridgehead atoms. The maximum Gasteiger partial charge on any atom is 0.268 e. The zero-order valence-electron chi connectivity index (χ0n) is 46.4. The molecule has 9 nitrogen and oxygen atoms in total. The van der Waals surface area contributed by atoms with Gasteiger partial charge >= 0.3 is 0 Å². The Morgan fingerprint density at radius 2 is 0.890 bits per heavy atom. The van der Waals surface area contributed by atoms with Crippen LogP contribution < -0.4 is 10.2 Å². The van der Waals surface area contributed by atoms with Gasteiger partial charge < -0.3 is 34.0 Å². The average Bonchev–Trinajstić information content (AvgIpc) is 3.35. The number of nitrogens with one attached hydrogen (secondary N) is 1. The van der Waals surface area contributed by atoms with Gasteiger partial charge in [0.1, 0.15) is 19.3 Å². The molecular formula is C63H103N2O7P. The first kappa shape index (κ1) is 69.1. The van der Waals surface area contributed by atoms with Crippen molar-refractivity contribution in [3.05, 3.63) is 158 Å².